The molecule has 1 nitrogen and oxygen atoms in total. The molecule has 0 amide bonds. The highest BCUT2D eigenvalue weighted by Gasteiger charge is 2.03. The molecule has 82 valence electrons. The highest BCUT2D eigenvalue weighted by molar-refractivity contribution is 6.33. The molecule has 0 aliphatic heterocycles. The predicted octanol–water partition coefficient (Wildman–Crippen LogP) is 4.36. The van der Waals surface area contributed by atoms with Crippen molar-refractivity contribution in [3.8, 4) is 0 Å². The van der Waals surface area contributed by atoms with Crippen LogP contribution in [0, 0.1) is 11.6 Å². The summed E-state index contributed by atoms with van der Waals surface area (Å²) >= 11 is 5.90. The zero-order valence-corrected chi connectivity index (χ0v) is 8.93. The van der Waals surface area contributed by atoms with Gasteiger partial charge in [-0.15, -0.1) is 0 Å². The molecule has 0 radical (unpaired) electrons. The van der Waals surface area contributed by atoms with Gasteiger partial charge in [0.15, 0.2) is 0 Å². The minimum Gasteiger partial charge on any atom is -0.354 e. The quantitative estimate of drug-likeness (QED) is 0.821. The molecule has 16 heavy (non-hydrogen) atoms. The second kappa shape index (κ2) is 4.49. The number of halogens is 3. The first-order chi connectivity index (χ1) is 7.65. The van der Waals surface area contributed by atoms with Gasteiger partial charge in [-0.2, -0.15) is 0 Å². The van der Waals surface area contributed by atoms with Crippen molar-refractivity contribution in [3.63, 3.8) is 0 Å². The Hall–Kier alpha value is -1.61. The first-order valence-corrected chi connectivity index (χ1v) is 5.00. The van der Waals surface area contributed by atoms with E-state index < -0.39 is 11.6 Å². The van der Waals surface area contributed by atoms with Gasteiger partial charge in [-0.25, -0.2) is 8.78 Å². The fourth-order valence-corrected chi connectivity index (χ4v) is 1.53. The van der Waals surface area contributed by atoms with Crippen molar-refractivity contribution in [2.45, 2.75) is 0 Å². The Kier molecular flexibility index (Phi) is 3.06. The molecule has 2 aromatic carbocycles. The Morgan fingerprint density at radius 2 is 1.56 bits per heavy atom. The molecule has 0 saturated carbocycles. The average Bonchev–Trinajstić information content (AvgIpc) is 2.20. The number of benzene rings is 2. The van der Waals surface area contributed by atoms with E-state index in [0.717, 1.165) is 6.07 Å². The number of hydrogen-bond acceptors (Lipinski definition) is 1. The van der Waals surface area contributed by atoms with Crippen molar-refractivity contribution < 1.29 is 8.78 Å². The molecule has 0 aliphatic rings. The maximum atomic E-state index is 12.9. The Balaban J connectivity index is 2.30. The number of nitrogens with one attached hydrogen (secondary N) is 1. The second-order valence-corrected chi connectivity index (χ2v) is 3.67. The third-order valence-electron chi connectivity index (χ3n) is 2.02. The molecule has 0 fully saturated rings. The number of hydrogen-bond donors (Lipinski definition) is 1. The van der Waals surface area contributed by atoms with Gasteiger partial charge in [0.2, 0.25) is 0 Å². The zero-order valence-electron chi connectivity index (χ0n) is 8.18. The molecule has 2 aromatic rings. The lowest BCUT2D eigenvalue weighted by molar-refractivity contribution is 0.584. The maximum Gasteiger partial charge on any atom is 0.128 e. The van der Waals surface area contributed by atoms with Gasteiger partial charge in [0, 0.05) is 11.8 Å². The Morgan fingerprint density at radius 1 is 0.938 bits per heavy atom. The SMILES string of the molecule is Fc1cc(F)cc(Nc2ccccc2Cl)c1. The molecular weight excluding hydrogens is 232 g/mol. The van der Waals surface area contributed by atoms with E-state index in [0.29, 0.717) is 16.4 Å². The molecule has 1 N–H and O–H groups in total. The van der Waals surface area contributed by atoms with Crippen LogP contribution in [-0.2, 0) is 0 Å². The predicted molar refractivity (Wildman–Crippen MR) is 61.1 cm³/mol. The van der Waals surface area contributed by atoms with Crippen molar-refractivity contribution in [2.75, 3.05) is 5.32 Å². The topological polar surface area (TPSA) is 12.0 Å². The molecule has 0 aromatic heterocycles. The van der Waals surface area contributed by atoms with Crippen molar-refractivity contribution in [2.24, 2.45) is 0 Å². The highest BCUT2D eigenvalue weighted by Crippen LogP contribution is 2.25. The minimum atomic E-state index is -0.630. The van der Waals surface area contributed by atoms with Crippen LogP contribution in [0.3, 0.4) is 0 Å². The number of anilines is 2. The fraction of sp³-hybridized carbons (Fsp3) is 0. The van der Waals surface area contributed by atoms with Gasteiger partial charge in [-0.3, -0.25) is 0 Å². The first-order valence-electron chi connectivity index (χ1n) is 4.63. The normalized spacial score (nSPS) is 10.2. The summed E-state index contributed by atoms with van der Waals surface area (Å²) in [5, 5.41) is 3.33. The van der Waals surface area contributed by atoms with Crippen molar-refractivity contribution in [3.05, 3.63) is 59.1 Å². The van der Waals surface area contributed by atoms with Crippen LogP contribution in [0.25, 0.3) is 0 Å². The van der Waals surface area contributed by atoms with Crippen LogP contribution in [-0.4, -0.2) is 0 Å². The molecule has 0 atom stereocenters. The van der Waals surface area contributed by atoms with Gasteiger partial charge < -0.3 is 5.32 Å². The van der Waals surface area contributed by atoms with Crippen LogP contribution in [0.5, 0.6) is 0 Å². The van der Waals surface area contributed by atoms with E-state index in [2.05, 4.69) is 5.32 Å². The van der Waals surface area contributed by atoms with Crippen LogP contribution in [0.2, 0.25) is 5.02 Å². The Morgan fingerprint density at radius 3 is 2.19 bits per heavy atom. The van der Waals surface area contributed by atoms with E-state index in [-0.39, 0.29) is 0 Å². The summed E-state index contributed by atoms with van der Waals surface area (Å²) in [5.41, 5.74) is 0.930. The van der Waals surface area contributed by atoms with Gasteiger partial charge in [0.1, 0.15) is 11.6 Å². The summed E-state index contributed by atoms with van der Waals surface area (Å²) in [6.07, 6.45) is 0. The molecule has 4 heteroatoms. The van der Waals surface area contributed by atoms with Crippen LogP contribution < -0.4 is 5.32 Å². The lowest BCUT2D eigenvalue weighted by Crippen LogP contribution is -1.92. The smallest absolute Gasteiger partial charge is 0.128 e. The van der Waals surface area contributed by atoms with Gasteiger partial charge in [-0.1, -0.05) is 23.7 Å². The van der Waals surface area contributed by atoms with Gasteiger partial charge in [-0.05, 0) is 24.3 Å². The molecule has 0 spiro atoms. The molecule has 0 unspecified atom stereocenters. The average molecular weight is 240 g/mol. The van der Waals surface area contributed by atoms with E-state index >= 15 is 0 Å². The van der Waals surface area contributed by atoms with E-state index in [1.54, 1.807) is 24.3 Å². The molecule has 0 bridgehead atoms. The summed E-state index contributed by atoms with van der Waals surface area (Å²) in [6.45, 7) is 0. The Labute approximate surface area is 96.7 Å². The van der Waals surface area contributed by atoms with Crippen LogP contribution in [0.15, 0.2) is 42.5 Å². The molecule has 0 saturated heterocycles. The molecule has 2 rings (SSSR count). The highest BCUT2D eigenvalue weighted by atomic mass is 35.5. The van der Waals surface area contributed by atoms with E-state index in [1.807, 2.05) is 0 Å². The van der Waals surface area contributed by atoms with E-state index in [1.165, 1.54) is 12.1 Å². The number of para-hydroxylation sites is 1. The van der Waals surface area contributed by atoms with Gasteiger partial charge in [0.05, 0.1) is 10.7 Å². The molecule has 0 heterocycles. The van der Waals surface area contributed by atoms with Crippen molar-refractivity contribution in [1.82, 2.24) is 0 Å². The summed E-state index contributed by atoms with van der Waals surface area (Å²) in [7, 11) is 0. The maximum absolute atomic E-state index is 12.9. The van der Waals surface area contributed by atoms with Crippen molar-refractivity contribution in [1.29, 1.82) is 0 Å². The first kappa shape index (κ1) is 10.9. The lowest BCUT2D eigenvalue weighted by atomic mass is 10.2. The standard InChI is InChI=1S/C12H8ClF2N/c13-11-3-1-2-4-12(11)16-10-6-8(14)5-9(15)7-10/h1-7,16H. The number of rotatable bonds is 2. The third-order valence-corrected chi connectivity index (χ3v) is 2.35. The van der Waals surface area contributed by atoms with E-state index in [4.69, 9.17) is 11.6 Å². The zero-order chi connectivity index (χ0) is 11.5. The lowest BCUT2D eigenvalue weighted by Gasteiger charge is -2.08. The fourth-order valence-electron chi connectivity index (χ4n) is 1.34. The third kappa shape index (κ3) is 2.49. The van der Waals surface area contributed by atoms with Crippen LogP contribution in [0.4, 0.5) is 20.2 Å². The second-order valence-electron chi connectivity index (χ2n) is 3.26. The summed E-state index contributed by atoms with van der Waals surface area (Å²) < 4.78 is 25.8. The minimum absolute atomic E-state index is 0.325. The van der Waals surface area contributed by atoms with Crippen LogP contribution >= 0.6 is 11.6 Å². The van der Waals surface area contributed by atoms with Crippen molar-refractivity contribution >= 4 is 23.0 Å². The molecular formula is C12H8ClF2N. The van der Waals surface area contributed by atoms with Crippen LogP contribution in [0.1, 0.15) is 0 Å². The summed E-state index contributed by atoms with van der Waals surface area (Å²) in [6, 6.07) is 10.2. The summed E-state index contributed by atoms with van der Waals surface area (Å²) in [5.74, 6) is -1.26. The monoisotopic (exact) mass is 239 g/mol. The molecule has 0 aliphatic carbocycles. The van der Waals surface area contributed by atoms with Gasteiger partial charge >= 0.3 is 0 Å². The Bertz CT molecular complexity index is 494. The van der Waals surface area contributed by atoms with E-state index in [9.17, 15) is 8.78 Å². The summed E-state index contributed by atoms with van der Waals surface area (Å²) in [4.78, 5) is 0. The largest absolute Gasteiger partial charge is 0.354 e. The van der Waals surface area contributed by atoms with Gasteiger partial charge in [0.25, 0.3) is 0 Å².